The van der Waals surface area contributed by atoms with E-state index in [2.05, 4.69) is 16.6 Å². The Hall–Kier alpha value is -2.23. The van der Waals surface area contributed by atoms with Gasteiger partial charge in [-0.3, -0.25) is 0 Å². The van der Waals surface area contributed by atoms with Gasteiger partial charge >= 0.3 is 0 Å². The lowest BCUT2D eigenvalue weighted by Crippen LogP contribution is -2.25. The normalized spacial score (nSPS) is 10.8. The maximum atomic E-state index is 12.7. The summed E-state index contributed by atoms with van der Waals surface area (Å²) < 4.78 is 51.4. The molecule has 1 N–H and O–H groups in total. The number of nitrogens with one attached hydrogen (secondary N) is 1. The van der Waals surface area contributed by atoms with Crippen LogP contribution < -0.4 is 4.72 Å². The van der Waals surface area contributed by atoms with Gasteiger partial charge in [0.1, 0.15) is 11.6 Å². The number of hydrogen-bond donors (Lipinski definition) is 1. The van der Waals surface area contributed by atoms with Gasteiger partial charge in [0.2, 0.25) is 10.0 Å². The molecule has 2 rings (SSSR count). The topological polar surface area (TPSA) is 46.2 Å². The molecule has 0 aliphatic rings. The minimum atomic E-state index is -3.54. The van der Waals surface area contributed by atoms with Crippen LogP contribution in [0.3, 0.4) is 0 Å². The third-order valence-corrected chi connectivity index (χ3v) is 4.02. The Morgan fingerprint density at radius 2 is 1.45 bits per heavy atom. The molecule has 0 atom stereocenters. The van der Waals surface area contributed by atoms with E-state index in [1.165, 1.54) is 48.5 Å². The van der Waals surface area contributed by atoms with E-state index < -0.39 is 15.8 Å². The van der Waals surface area contributed by atoms with Gasteiger partial charge in [0.25, 0.3) is 0 Å². The van der Waals surface area contributed by atoms with Crippen molar-refractivity contribution < 1.29 is 17.2 Å². The summed E-state index contributed by atoms with van der Waals surface area (Å²) in [6.45, 7) is -0.0547. The summed E-state index contributed by atoms with van der Waals surface area (Å²) in [4.78, 5) is 0. The highest BCUT2D eigenvalue weighted by Crippen LogP contribution is 2.06. The van der Waals surface area contributed by atoms with Gasteiger partial charge in [-0.05, 0) is 42.0 Å². The number of hydrogen-bond acceptors (Lipinski definition) is 2. The maximum Gasteiger partial charge on any atom is 0.216 e. The second kappa shape index (κ2) is 7.16. The van der Waals surface area contributed by atoms with Crippen LogP contribution in [0.1, 0.15) is 11.1 Å². The molecule has 2 aromatic carbocycles. The van der Waals surface area contributed by atoms with E-state index in [4.69, 9.17) is 0 Å². The van der Waals surface area contributed by atoms with Gasteiger partial charge in [-0.2, -0.15) is 0 Å². The summed E-state index contributed by atoms with van der Waals surface area (Å²) in [7, 11) is -3.54. The van der Waals surface area contributed by atoms with E-state index in [0.717, 1.165) is 0 Å². The Labute approximate surface area is 128 Å². The fraction of sp³-hybridized carbons (Fsp3) is 0.125. The van der Waals surface area contributed by atoms with Gasteiger partial charge in [0, 0.05) is 5.56 Å². The Morgan fingerprint density at radius 1 is 0.909 bits per heavy atom. The highest BCUT2D eigenvalue weighted by Gasteiger charge is 2.10. The summed E-state index contributed by atoms with van der Waals surface area (Å²) >= 11 is 0. The predicted molar refractivity (Wildman–Crippen MR) is 80.3 cm³/mol. The van der Waals surface area contributed by atoms with Crippen LogP contribution in [0.2, 0.25) is 0 Å². The molecule has 0 radical (unpaired) electrons. The van der Waals surface area contributed by atoms with Crippen LogP contribution in [-0.4, -0.2) is 15.0 Å². The van der Waals surface area contributed by atoms with Crippen molar-refractivity contribution in [3.05, 3.63) is 71.3 Å². The first-order valence-electron chi connectivity index (χ1n) is 6.41. The molecule has 0 spiro atoms. The second-order valence-electron chi connectivity index (χ2n) is 4.52. The van der Waals surface area contributed by atoms with Gasteiger partial charge in [0.15, 0.2) is 0 Å². The summed E-state index contributed by atoms with van der Waals surface area (Å²) in [6, 6.07) is 10.8. The Balaban J connectivity index is 1.90. The van der Waals surface area contributed by atoms with Crippen LogP contribution >= 0.6 is 0 Å². The zero-order chi connectivity index (χ0) is 16.0. The molecular weight excluding hydrogens is 308 g/mol. The van der Waals surface area contributed by atoms with Crippen LogP contribution in [0.5, 0.6) is 0 Å². The first-order valence-corrected chi connectivity index (χ1v) is 8.06. The molecule has 0 heterocycles. The standard InChI is InChI=1S/C16H13F2NO2S/c17-15-7-3-13(4-8-15)2-1-11-19-22(20,21)12-14-5-9-16(18)10-6-14/h3-10,19H,11-12H2. The van der Waals surface area contributed by atoms with E-state index in [0.29, 0.717) is 11.1 Å². The molecule has 3 nitrogen and oxygen atoms in total. The van der Waals surface area contributed by atoms with Crippen molar-refractivity contribution in [2.45, 2.75) is 5.75 Å². The van der Waals surface area contributed by atoms with Crippen molar-refractivity contribution in [1.82, 2.24) is 4.72 Å². The van der Waals surface area contributed by atoms with E-state index in [1.807, 2.05) is 0 Å². The van der Waals surface area contributed by atoms with Gasteiger partial charge in [-0.15, -0.1) is 0 Å². The lowest BCUT2D eigenvalue weighted by molar-refractivity contribution is 0.585. The number of sulfonamides is 1. The molecule has 0 aromatic heterocycles. The summed E-state index contributed by atoms with van der Waals surface area (Å²) in [5.74, 6) is 4.35. The molecule has 0 fully saturated rings. The minimum Gasteiger partial charge on any atom is -0.212 e. The molecule has 22 heavy (non-hydrogen) atoms. The molecule has 0 unspecified atom stereocenters. The predicted octanol–water partition coefficient (Wildman–Crippen LogP) is 2.44. The average molecular weight is 321 g/mol. The molecule has 0 saturated carbocycles. The smallest absolute Gasteiger partial charge is 0.212 e. The third-order valence-electron chi connectivity index (χ3n) is 2.73. The summed E-state index contributed by atoms with van der Waals surface area (Å²) in [5, 5.41) is 0. The maximum absolute atomic E-state index is 12.7. The number of benzene rings is 2. The van der Waals surface area contributed by atoms with Crippen LogP contribution in [0.15, 0.2) is 48.5 Å². The fourth-order valence-corrected chi connectivity index (χ4v) is 2.70. The van der Waals surface area contributed by atoms with Gasteiger partial charge in [0.05, 0.1) is 12.3 Å². The highest BCUT2D eigenvalue weighted by molar-refractivity contribution is 7.88. The van der Waals surface area contributed by atoms with Crippen molar-refractivity contribution in [1.29, 1.82) is 0 Å². The van der Waals surface area contributed by atoms with Crippen LogP contribution in [-0.2, 0) is 15.8 Å². The quantitative estimate of drug-likeness (QED) is 0.879. The molecule has 0 saturated heterocycles. The lowest BCUT2D eigenvalue weighted by atomic mass is 10.2. The zero-order valence-corrected chi connectivity index (χ0v) is 12.3. The van der Waals surface area contributed by atoms with Crippen LogP contribution in [0.4, 0.5) is 8.78 Å². The second-order valence-corrected chi connectivity index (χ2v) is 6.32. The zero-order valence-electron chi connectivity index (χ0n) is 11.5. The molecule has 114 valence electrons. The first kappa shape index (κ1) is 16.1. The van der Waals surface area contributed by atoms with Gasteiger partial charge < -0.3 is 0 Å². The minimum absolute atomic E-state index is 0.0547. The van der Waals surface area contributed by atoms with Crippen molar-refractivity contribution in [3.8, 4) is 11.8 Å². The average Bonchev–Trinajstić information content (AvgIpc) is 2.48. The Kier molecular flexibility index (Phi) is 5.26. The lowest BCUT2D eigenvalue weighted by Gasteiger charge is -2.03. The molecule has 2 aromatic rings. The van der Waals surface area contributed by atoms with E-state index >= 15 is 0 Å². The Bertz CT molecular complexity index is 789. The van der Waals surface area contributed by atoms with E-state index in [1.54, 1.807) is 0 Å². The van der Waals surface area contributed by atoms with Gasteiger partial charge in [-0.1, -0.05) is 24.0 Å². The van der Waals surface area contributed by atoms with Crippen molar-refractivity contribution >= 4 is 10.0 Å². The SMILES string of the molecule is O=S(=O)(Cc1ccc(F)cc1)NCC#Cc1ccc(F)cc1. The molecule has 0 amide bonds. The third kappa shape index (κ3) is 5.28. The molecule has 0 aliphatic carbocycles. The monoisotopic (exact) mass is 321 g/mol. The molecule has 0 bridgehead atoms. The largest absolute Gasteiger partial charge is 0.216 e. The van der Waals surface area contributed by atoms with Gasteiger partial charge in [-0.25, -0.2) is 21.9 Å². The van der Waals surface area contributed by atoms with E-state index in [-0.39, 0.29) is 18.1 Å². The van der Waals surface area contributed by atoms with Crippen molar-refractivity contribution in [2.24, 2.45) is 0 Å². The molecule has 0 aliphatic heterocycles. The summed E-state index contributed by atoms with van der Waals surface area (Å²) in [5.41, 5.74) is 1.08. The summed E-state index contributed by atoms with van der Waals surface area (Å²) in [6.07, 6.45) is 0. The van der Waals surface area contributed by atoms with E-state index in [9.17, 15) is 17.2 Å². The number of rotatable bonds is 4. The van der Waals surface area contributed by atoms with Crippen molar-refractivity contribution in [2.75, 3.05) is 6.54 Å². The Morgan fingerprint density at radius 3 is 2.05 bits per heavy atom. The molecule has 6 heteroatoms. The fourth-order valence-electron chi connectivity index (χ4n) is 1.68. The van der Waals surface area contributed by atoms with Crippen LogP contribution in [0, 0.1) is 23.5 Å². The first-order chi connectivity index (χ1) is 10.4. The number of halogens is 2. The molecular formula is C16H13F2NO2S. The highest BCUT2D eigenvalue weighted by atomic mass is 32.2. The van der Waals surface area contributed by atoms with Crippen LogP contribution in [0.25, 0.3) is 0 Å². The van der Waals surface area contributed by atoms with Crippen molar-refractivity contribution in [3.63, 3.8) is 0 Å².